The smallest absolute Gasteiger partial charge is 0.224 e. The molecule has 0 spiro atoms. The van der Waals surface area contributed by atoms with Crippen molar-refractivity contribution in [2.45, 2.75) is 19.9 Å². The Kier molecular flexibility index (Phi) is 4.05. The van der Waals surface area contributed by atoms with Crippen molar-refractivity contribution in [2.75, 3.05) is 0 Å². The molecule has 0 aliphatic heterocycles. The largest absolute Gasteiger partial charge is 0.461 e. The van der Waals surface area contributed by atoms with Gasteiger partial charge in [-0.3, -0.25) is 4.79 Å². The summed E-state index contributed by atoms with van der Waals surface area (Å²) in [6, 6.07) is 13.2. The first kappa shape index (κ1) is 14.1. The van der Waals surface area contributed by atoms with Gasteiger partial charge in [0.25, 0.3) is 0 Å². The zero-order valence-electron chi connectivity index (χ0n) is 12.2. The van der Waals surface area contributed by atoms with E-state index in [0.29, 0.717) is 30.2 Å². The molecule has 2 heterocycles. The van der Waals surface area contributed by atoms with E-state index in [1.807, 2.05) is 31.2 Å². The fourth-order valence-corrected chi connectivity index (χ4v) is 2.19. The molecule has 0 saturated heterocycles. The van der Waals surface area contributed by atoms with Crippen molar-refractivity contribution >= 4 is 5.91 Å². The third kappa shape index (κ3) is 3.44. The highest BCUT2D eigenvalue weighted by Crippen LogP contribution is 2.20. The number of furan rings is 1. The molecule has 3 rings (SSSR count). The molecule has 3 aromatic rings. The molecule has 5 nitrogen and oxygen atoms in total. The Bertz CT molecular complexity index is 760. The Morgan fingerprint density at radius 2 is 2.09 bits per heavy atom. The lowest BCUT2D eigenvalue weighted by Gasteiger charge is -2.03. The van der Waals surface area contributed by atoms with Gasteiger partial charge in [-0.25, -0.2) is 0 Å². The highest BCUT2D eigenvalue weighted by molar-refractivity contribution is 5.78. The number of hydrogen-bond acceptors (Lipinski definition) is 4. The van der Waals surface area contributed by atoms with Gasteiger partial charge in [-0.15, -0.1) is 0 Å². The maximum absolute atomic E-state index is 11.9. The first-order chi connectivity index (χ1) is 10.7. The summed E-state index contributed by atoms with van der Waals surface area (Å²) in [5.74, 6) is 1.12. The number of rotatable bonds is 5. The van der Waals surface area contributed by atoms with E-state index in [-0.39, 0.29) is 5.91 Å². The van der Waals surface area contributed by atoms with Gasteiger partial charge in [0.2, 0.25) is 11.7 Å². The van der Waals surface area contributed by atoms with Crippen LogP contribution in [-0.4, -0.2) is 11.1 Å². The van der Waals surface area contributed by atoms with Crippen molar-refractivity contribution in [3.63, 3.8) is 0 Å². The molecule has 0 bridgehead atoms. The van der Waals surface area contributed by atoms with E-state index in [4.69, 9.17) is 8.94 Å². The van der Waals surface area contributed by atoms with E-state index in [1.165, 1.54) is 0 Å². The fourth-order valence-electron chi connectivity index (χ4n) is 2.19. The minimum absolute atomic E-state index is 0.0480. The lowest BCUT2D eigenvalue weighted by molar-refractivity contribution is -0.120. The highest BCUT2D eigenvalue weighted by atomic mass is 16.5. The first-order valence-corrected chi connectivity index (χ1v) is 7.02. The summed E-state index contributed by atoms with van der Waals surface area (Å²) in [4.78, 5) is 11.9. The Balaban J connectivity index is 1.55. The molecule has 2 aromatic heterocycles. The van der Waals surface area contributed by atoms with E-state index < -0.39 is 0 Å². The van der Waals surface area contributed by atoms with Gasteiger partial charge in [0.05, 0.1) is 19.2 Å². The van der Waals surface area contributed by atoms with Crippen molar-refractivity contribution < 1.29 is 13.7 Å². The van der Waals surface area contributed by atoms with Gasteiger partial charge in [0, 0.05) is 6.07 Å². The van der Waals surface area contributed by atoms with E-state index >= 15 is 0 Å². The number of benzene rings is 1. The Labute approximate surface area is 127 Å². The zero-order valence-corrected chi connectivity index (χ0v) is 12.2. The molecule has 22 heavy (non-hydrogen) atoms. The molecular formula is C17H16N2O3. The van der Waals surface area contributed by atoms with Crippen LogP contribution in [0.25, 0.3) is 11.5 Å². The van der Waals surface area contributed by atoms with E-state index in [2.05, 4.69) is 10.5 Å². The van der Waals surface area contributed by atoms with Crippen molar-refractivity contribution in [1.29, 1.82) is 0 Å². The van der Waals surface area contributed by atoms with Crippen LogP contribution in [0.1, 0.15) is 16.8 Å². The topological polar surface area (TPSA) is 68.3 Å². The second-order valence-electron chi connectivity index (χ2n) is 5.10. The fraction of sp³-hybridized carbons (Fsp3) is 0.176. The van der Waals surface area contributed by atoms with Crippen LogP contribution < -0.4 is 5.32 Å². The first-order valence-electron chi connectivity index (χ1n) is 7.02. The number of nitrogens with one attached hydrogen (secondary N) is 1. The monoisotopic (exact) mass is 296 g/mol. The second kappa shape index (κ2) is 6.30. The minimum atomic E-state index is -0.0480. The lowest BCUT2D eigenvalue weighted by Crippen LogP contribution is -2.24. The molecule has 0 radical (unpaired) electrons. The van der Waals surface area contributed by atoms with Gasteiger partial charge in [-0.1, -0.05) is 35.0 Å². The molecule has 0 unspecified atom stereocenters. The Morgan fingerprint density at radius 1 is 1.18 bits per heavy atom. The molecular weight excluding hydrogens is 280 g/mol. The number of carbonyl (C=O) groups excluding carboxylic acids is 1. The Morgan fingerprint density at radius 3 is 2.86 bits per heavy atom. The predicted octanol–water partition coefficient (Wildman–Crippen LogP) is 3.10. The molecule has 0 fully saturated rings. The molecule has 0 saturated carbocycles. The van der Waals surface area contributed by atoms with Gasteiger partial charge in [0.1, 0.15) is 5.69 Å². The average molecular weight is 296 g/mol. The van der Waals surface area contributed by atoms with E-state index in [9.17, 15) is 4.79 Å². The number of nitrogens with zero attached hydrogens (tertiary/aromatic N) is 1. The van der Waals surface area contributed by atoms with Gasteiger partial charge in [-0.2, -0.15) is 0 Å². The van der Waals surface area contributed by atoms with Crippen LogP contribution in [0.15, 0.2) is 57.7 Å². The number of amides is 1. The summed E-state index contributed by atoms with van der Waals surface area (Å²) in [5.41, 5.74) is 2.79. The van der Waals surface area contributed by atoms with E-state index in [0.717, 1.165) is 11.1 Å². The summed E-state index contributed by atoms with van der Waals surface area (Å²) in [7, 11) is 0. The normalized spacial score (nSPS) is 10.6. The van der Waals surface area contributed by atoms with Crippen LogP contribution >= 0.6 is 0 Å². The Hall–Kier alpha value is -2.82. The van der Waals surface area contributed by atoms with Gasteiger partial charge >= 0.3 is 0 Å². The predicted molar refractivity (Wildman–Crippen MR) is 80.9 cm³/mol. The molecule has 5 heteroatoms. The van der Waals surface area contributed by atoms with Crippen LogP contribution in [0.5, 0.6) is 0 Å². The highest BCUT2D eigenvalue weighted by Gasteiger charge is 2.10. The molecule has 1 N–H and O–H groups in total. The van der Waals surface area contributed by atoms with Crippen LogP contribution in [0.4, 0.5) is 0 Å². The van der Waals surface area contributed by atoms with Crippen LogP contribution in [0.3, 0.4) is 0 Å². The number of hydrogen-bond donors (Lipinski definition) is 1. The van der Waals surface area contributed by atoms with E-state index in [1.54, 1.807) is 24.5 Å². The van der Waals surface area contributed by atoms with Crippen LogP contribution in [-0.2, 0) is 17.8 Å². The van der Waals surface area contributed by atoms with Crippen molar-refractivity contribution in [3.05, 3.63) is 65.5 Å². The van der Waals surface area contributed by atoms with Gasteiger partial charge < -0.3 is 14.3 Å². The van der Waals surface area contributed by atoms with Crippen molar-refractivity contribution in [3.8, 4) is 11.5 Å². The molecule has 0 aliphatic rings. The third-order valence-electron chi connectivity index (χ3n) is 3.24. The van der Waals surface area contributed by atoms with Gasteiger partial charge in [0.15, 0.2) is 5.76 Å². The molecule has 112 valence electrons. The van der Waals surface area contributed by atoms with Crippen LogP contribution in [0, 0.1) is 6.92 Å². The summed E-state index contributed by atoms with van der Waals surface area (Å²) in [6.07, 6.45) is 1.92. The molecule has 1 aromatic carbocycles. The average Bonchev–Trinajstić information content (AvgIpc) is 3.16. The lowest BCUT2D eigenvalue weighted by atomic mass is 10.1. The number of aryl methyl sites for hydroxylation is 1. The standard InChI is InChI=1S/C17H16N2O3/c1-12-4-2-5-13(8-12)9-17(20)18-11-14-10-16(22-19-14)15-6-3-7-21-15/h2-8,10H,9,11H2,1H3,(H,18,20). The third-order valence-corrected chi connectivity index (χ3v) is 3.24. The second-order valence-corrected chi connectivity index (χ2v) is 5.10. The number of carbonyl (C=O) groups is 1. The van der Waals surface area contributed by atoms with Crippen molar-refractivity contribution in [1.82, 2.24) is 10.5 Å². The number of aromatic nitrogens is 1. The summed E-state index contributed by atoms with van der Waals surface area (Å²) < 4.78 is 10.4. The quantitative estimate of drug-likeness (QED) is 0.785. The maximum Gasteiger partial charge on any atom is 0.224 e. The minimum Gasteiger partial charge on any atom is -0.461 e. The zero-order chi connectivity index (χ0) is 15.4. The summed E-state index contributed by atoms with van der Waals surface area (Å²) in [6.45, 7) is 2.34. The summed E-state index contributed by atoms with van der Waals surface area (Å²) >= 11 is 0. The summed E-state index contributed by atoms with van der Waals surface area (Å²) in [5, 5.41) is 6.75. The van der Waals surface area contributed by atoms with Crippen molar-refractivity contribution in [2.24, 2.45) is 0 Å². The molecule has 1 amide bonds. The van der Waals surface area contributed by atoms with Crippen LogP contribution in [0.2, 0.25) is 0 Å². The maximum atomic E-state index is 11.9. The molecule has 0 atom stereocenters. The molecule has 0 aliphatic carbocycles. The van der Waals surface area contributed by atoms with Gasteiger partial charge in [-0.05, 0) is 24.6 Å². The SMILES string of the molecule is Cc1cccc(CC(=O)NCc2cc(-c3ccco3)on2)c1.